The lowest BCUT2D eigenvalue weighted by molar-refractivity contribution is 0.642. The third-order valence-electron chi connectivity index (χ3n) is 1.99. The zero-order valence-electron chi connectivity index (χ0n) is 7.94. The normalized spacial score (nSPS) is 16.0. The molecule has 0 aliphatic carbocycles. The molecule has 0 heterocycles. The summed E-state index contributed by atoms with van der Waals surface area (Å²) >= 11 is 0. The summed E-state index contributed by atoms with van der Waals surface area (Å²) in [6, 6.07) is 0. The van der Waals surface area contributed by atoms with Crippen LogP contribution in [0, 0.1) is 11.8 Å². The van der Waals surface area contributed by atoms with Gasteiger partial charge in [0.1, 0.15) is 0 Å². The fraction of sp³-hybridized carbons (Fsp3) is 0.800. The molecule has 0 aromatic heterocycles. The van der Waals surface area contributed by atoms with Crippen molar-refractivity contribution in [3.63, 3.8) is 0 Å². The molecule has 1 unspecified atom stereocenters. The summed E-state index contributed by atoms with van der Waals surface area (Å²) in [5.74, 6) is 1.47. The highest BCUT2D eigenvalue weighted by atomic mass is 14.1. The minimum absolute atomic E-state index is 0.703. The van der Waals surface area contributed by atoms with Gasteiger partial charge in [0.15, 0.2) is 0 Å². The van der Waals surface area contributed by atoms with Crippen LogP contribution < -0.4 is 0 Å². The molecule has 0 aromatic carbocycles. The zero-order valence-corrected chi connectivity index (χ0v) is 7.94. The Bertz CT molecular complexity index is 109. The standard InChI is InChI=1S/C10H20/c1-6-9(4)10(5)7-8(2)3/h7-9H,6H2,1-5H3. The lowest BCUT2D eigenvalue weighted by Gasteiger charge is -2.09. The molecule has 60 valence electrons. The van der Waals surface area contributed by atoms with Crippen molar-refractivity contribution in [2.45, 2.75) is 41.0 Å². The Labute approximate surface area is 65.3 Å². The molecule has 0 amide bonds. The van der Waals surface area contributed by atoms with Crippen LogP contribution in [0.4, 0.5) is 0 Å². The van der Waals surface area contributed by atoms with Gasteiger partial charge in [-0.05, 0) is 25.2 Å². The molecule has 0 heteroatoms. The molecule has 1 atom stereocenters. The maximum atomic E-state index is 2.36. The highest BCUT2D eigenvalue weighted by molar-refractivity contribution is 5.02. The van der Waals surface area contributed by atoms with E-state index in [1.54, 1.807) is 0 Å². The molecule has 0 radical (unpaired) electrons. The van der Waals surface area contributed by atoms with Crippen LogP contribution in [0.5, 0.6) is 0 Å². The zero-order chi connectivity index (χ0) is 8.15. The molecule has 0 N–H and O–H groups in total. The number of rotatable bonds is 3. The topological polar surface area (TPSA) is 0 Å². The van der Waals surface area contributed by atoms with Crippen molar-refractivity contribution in [1.82, 2.24) is 0 Å². The van der Waals surface area contributed by atoms with Crippen molar-refractivity contribution in [2.24, 2.45) is 11.8 Å². The molecule has 0 fully saturated rings. The monoisotopic (exact) mass is 140 g/mol. The number of allylic oxidation sites excluding steroid dienone is 2. The van der Waals surface area contributed by atoms with Gasteiger partial charge in [-0.25, -0.2) is 0 Å². The SMILES string of the molecule is CCC(C)C(C)=CC(C)C. The predicted octanol–water partition coefficient (Wildman–Crippen LogP) is 3.63. The molecule has 0 aromatic rings. The fourth-order valence-electron chi connectivity index (χ4n) is 1.01. The molecule has 0 rings (SSSR count). The maximum absolute atomic E-state index is 2.36. The van der Waals surface area contributed by atoms with Gasteiger partial charge in [-0.3, -0.25) is 0 Å². The van der Waals surface area contributed by atoms with Crippen LogP contribution in [0.15, 0.2) is 11.6 Å². The van der Waals surface area contributed by atoms with Gasteiger partial charge in [0.25, 0.3) is 0 Å². The molecular formula is C10H20. The summed E-state index contributed by atoms with van der Waals surface area (Å²) in [5, 5.41) is 0. The van der Waals surface area contributed by atoms with E-state index in [9.17, 15) is 0 Å². The van der Waals surface area contributed by atoms with Gasteiger partial charge in [-0.15, -0.1) is 0 Å². The molecule has 0 saturated carbocycles. The lowest BCUT2D eigenvalue weighted by atomic mass is 9.97. The lowest BCUT2D eigenvalue weighted by Crippen LogP contribution is -1.95. The van der Waals surface area contributed by atoms with E-state index in [-0.39, 0.29) is 0 Å². The van der Waals surface area contributed by atoms with E-state index in [0.717, 1.165) is 5.92 Å². The van der Waals surface area contributed by atoms with Gasteiger partial charge in [0, 0.05) is 0 Å². The second-order valence-corrected chi connectivity index (χ2v) is 3.46. The van der Waals surface area contributed by atoms with Crippen LogP contribution in [0.1, 0.15) is 41.0 Å². The first kappa shape index (κ1) is 9.74. The van der Waals surface area contributed by atoms with E-state index in [0.29, 0.717) is 5.92 Å². The van der Waals surface area contributed by atoms with E-state index < -0.39 is 0 Å². The summed E-state index contributed by atoms with van der Waals surface area (Å²) in [5.41, 5.74) is 1.54. The molecule has 0 nitrogen and oxygen atoms in total. The van der Waals surface area contributed by atoms with Crippen LogP contribution in [-0.4, -0.2) is 0 Å². The molecule has 0 aliphatic heterocycles. The highest BCUT2D eigenvalue weighted by Crippen LogP contribution is 2.15. The smallest absolute Gasteiger partial charge is 0.0237 e. The Hall–Kier alpha value is -0.260. The van der Waals surface area contributed by atoms with Crippen LogP contribution in [-0.2, 0) is 0 Å². The molecule has 0 saturated heterocycles. The number of hydrogen-bond donors (Lipinski definition) is 0. The van der Waals surface area contributed by atoms with E-state index in [4.69, 9.17) is 0 Å². The van der Waals surface area contributed by atoms with Crippen molar-refractivity contribution in [2.75, 3.05) is 0 Å². The third-order valence-corrected chi connectivity index (χ3v) is 1.99. The van der Waals surface area contributed by atoms with Crippen LogP contribution in [0.25, 0.3) is 0 Å². The average molecular weight is 140 g/mol. The van der Waals surface area contributed by atoms with Crippen LogP contribution in [0.2, 0.25) is 0 Å². The quantitative estimate of drug-likeness (QED) is 0.525. The van der Waals surface area contributed by atoms with Crippen molar-refractivity contribution in [1.29, 1.82) is 0 Å². The van der Waals surface area contributed by atoms with Crippen molar-refractivity contribution < 1.29 is 0 Å². The fourth-order valence-corrected chi connectivity index (χ4v) is 1.01. The van der Waals surface area contributed by atoms with Gasteiger partial charge in [-0.1, -0.05) is 39.3 Å². The summed E-state index contributed by atoms with van der Waals surface area (Å²) in [4.78, 5) is 0. The summed E-state index contributed by atoms with van der Waals surface area (Å²) in [6.07, 6.45) is 3.61. The summed E-state index contributed by atoms with van der Waals surface area (Å²) in [6.45, 7) is 11.2. The molecular weight excluding hydrogens is 120 g/mol. The Morgan fingerprint density at radius 3 is 2.10 bits per heavy atom. The van der Waals surface area contributed by atoms with Crippen molar-refractivity contribution in [3.05, 3.63) is 11.6 Å². The van der Waals surface area contributed by atoms with Crippen molar-refractivity contribution >= 4 is 0 Å². The van der Waals surface area contributed by atoms with Crippen LogP contribution >= 0.6 is 0 Å². The van der Waals surface area contributed by atoms with E-state index in [1.165, 1.54) is 12.0 Å². The summed E-state index contributed by atoms with van der Waals surface area (Å²) < 4.78 is 0. The Balaban J connectivity index is 3.91. The third kappa shape index (κ3) is 3.71. The minimum Gasteiger partial charge on any atom is -0.0828 e. The molecule has 0 spiro atoms. The van der Waals surface area contributed by atoms with E-state index in [2.05, 4.69) is 40.7 Å². The molecule has 0 aliphatic rings. The first-order valence-electron chi connectivity index (χ1n) is 4.26. The van der Waals surface area contributed by atoms with E-state index in [1.807, 2.05) is 0 Å². The second kappa shape index (κ2) is 4.54. The van der Waals surface area contributed by atoms with Gasteiger partial charge in [-0.2, -0.15) is 0 Å². The Kier molecular flexibility index (Phi) is 4.42. The molecule has 0 bridgehead atoms. The van der Waals surface area contributed by atoms with Gasteiger partial charge >= 0.3 is 0 Å². The Morgan fingerprint density at radius 1 is 1.30 bits per heavy atom. The van der Waals surface area contributed by atoms with Crippen LogP contribution in [0.3, 0.4) is 0 Å². The van der Waals surface area contributed by atoms with Crippen molar-refractivity contribution in [3.8, 4) is 0 Å². The van der Waals surface area contributed by atoms with Gasteiger partial charge in [0.05, 0.1) is 0 Å². The predicted molar refractivity (Wildman–Crippen MR) is 48.1 cm³/mol. The number of hydrogen-bond acceptors (Lipinski definition) is 0. The highest BCUT2D eigenvalue weighted by Gasteiger charge is 2.00. The minimum atomic E-state index is 0.703. The first-order valence-corrected chi connectivity index (χ1v) is 4.26. The van der Waals surface area contributed by atoms with Gasteiger partial charge < -0.3 is 0 Å². The maximum Gasteiger partial charge on any atom is -0.0237 e. The van der Waals surface area contributed by atoms with E-state index >= 15 is 0 Å². The summed E-state index contributed by atoms with van der Waals surface area (Å²) in [7, 11) is 0. The molecule has 10 heavy (non-hydrogen) atoms. The largest absolute Gasteiger partial charge is 0.0828 e. The average Bonchev–Trinajstić information content (AvgIpc) is 1.85. The first-order chi connectivity index (χ1) is 4.57. The van der Waals surface area contributed by atoms with Gasteiger partial charge in [0.2, 0.25) is 0 Å². The second-order valence-electron chi connectivity index (χ2n) is 3.46. The Morgan fingerprint density at radius 2 is 1.80 bits per heavy atom.